The van der Waals surface area contributed by atoms with Crippen LogP contribution in [0.5, 0.6) is 5.75 Å². The summed E-state index contributed by atoms with van der Waals surface area (Å²) < 4.78 is 5.18. The van der Waals surface area contributed by atoms with Gasteiger partial charge in [-0.2, -0.15) is 0 Å². The maximum Gasteiger partial charge on any atom is 0.137 e. The maximum absolute atomic E-state index is 6.13. The average molecular weight is 269 g/mol. The van der Waals surface area contributed by atoms with Crippen molar-refractivity contribution in [1.82, 2.24) is 4.98 Å². The van der Waals surface area contributed by atoms with Crippen LogP contribution in [-0.2, 0) is 0 Å². The van der Waals surface area contributed by atoms with E-state index in [1.54, 1.807) is 18.4 Å². The highest BCUT2D eigenvalue weighted by atomic mass is 35.5. The minimum atomic E-state index is 0.606. The van der Waals surface area contributed by atoms with E-state index in [2.05, 4.69) is 10.3 Å². The van der Waals surface area contributed by atoms with Crippen molar-refractivity contribution < 1.29 is 4.74 Å². The van der Waals surface area contributed by atoms with Gasteiger partial charge in [0.2, 0.25) is 0 Å². The first-order valence-electron chi connectivity index (χ1n) is 5.13. The first kappa shape index (κ1) is 12.2. The summed E-state index contributed by atoms with van der Waals surface area (Å²) in [6, 6.07) is 3.83. The van der Waals surface area contributed by atoms with Gasteiger partial charge in [-0.3, -0.25) is 0 Å². The number of nitrogens with one attached hydrogen (secondary N) is 1. The molecule has 0 aliphatic heterocycles. The van der Waals surface area contributed by atoms with Gasteiger partial charge in [0.05, 0.1) is 12.1 Å². The molecule has 0 unspecified atom stereocenters. The van der Waals surface area contributed by atoms with Gasteiger partial charge in [0.25, 0.3) is 0 Å². The molecule has 0 bridgehead atoms. The molecular formula is C12H13ClN2OS. The fourth-order valence-corrected chi connectivity index (χ4v) is 2.69. The third kappa shape index (κ3) is 2.37. The number of anilines is 1. The normalized spacial score (nSPS) is 10.4. The van der Waals surface area contributed by atoms with Crippen molar-refractivity contribution in [2.24, 2.45) is 0 Å². The van der Waals surface area contributed by atoms with Gasteiger partial charge in [0.15, 0.2) is 0 Å². The fraction of sp³-hybridized carbons (Fsp3) is 0.250. The first-order chi connectivity index (χ1) is 8.15. The van der Waals surface area contributed by atoms with E-state index in [0.29, 0.717) is 10.8 Å². The lowest BCUT2D eigenvalue weighted by molar-refractivity contribution is 0.415. The molecule has 0 atom stereocenters. The molecule has 0 spiro atoms. The molecule has 0 fully saturated rings. The summed E-state index contributed by atoms with van der Waals surface area (Å²) >= 11 is 7.72. The zero-order valence-corrected chi connectivity index (χ0v) is 11.4. The predicted molar refractivity (Wildman–Crippen MR) is 73.4 cm³/mol. The summed E-state index contributed by atoms with van der Waals surface area (Å²) in [5.74, 6) is 1.56. The zero-order valence-electron chi connectivity index (χ0n) is 9.87. The quantitative estimate of drug-likeness (QED) is 0.919. The molecule has 0 aliphatic rings. The largest absolute Gasteiger partial charge is 0.495 e. The van der Waals surface area contributed by atoms with Crippen LogP contribution in [0.3, 0.4) is 0 Å². The van der Waals surface area contributed by atoms with E-state index in [1.807, 2.05) is 31.5 Å². The smallest absolute Gasteiger partial charge is 0.137 e. The molecule has 0 radical (unpaired) electrons. The number of hydrogen-bond acceptors (Lipinski definition) is 4. The third-order valence-corrected chi connectivity index (χ3v) is 3.66. The number of benzene rings is 1. The Balaban J connectivity index is 2.48. The van der Waals surface area contributed by atoms with E-state index in [0.717, 1.165) is 22.0 Å². The lowest BCUT2D eigenvalue weighted by Crippen LogP contribution is -1.90. The highest BCUT2D eigenvalue weighted by molar-refractivity contribution is 7.13. The summed E-state index contributed by atoms with van der Waals surface area (Å²) in [7, 11) is 3.47. The molecule has 3 nitrogen and oxygen atoms in total. The standard InChI is InChI=1S/C12H13ClN2OS/c1-7-4-10(16-3)9(13)5-8(7)12-15-11(14-2)6-17-12/h4-6,14H,1-3H3. The predicted octanol–water partition coefficient (Wildman–Crippen LogP) is 3.82. The SMILES string of the molecule is CNc1csc(-c2cc(Cl)c(OC)cc2C)n1. The Hall–Kier alpha value is -1.26. The van der Waals surface area contributed by atoms with Gasteiger partial charge < -0.3 is 10.1 Å². The highest BCUT2D eigenvalue weighted by Gasteiger charge is 2.11. The molecule has 2 rings (SSSR count). The van der Waals surface area contributed by atoms with Crippen LogP contribution in [0.15, 0.2) is 17.5 Å². The van der Waals surface area contributed by atoms with Crippen molar-refractivity contribution in [1.29, 1.82) is 0 Å². The molecule has 17 heavy (non-hydrogen) atoms. The minimum Gasteiger partial charge on any atom is -0.495 e. The van der Waals surface area contributed by atoms with Gasteiger partial charge in [-0.1, -0.05) is 11.6 Å². The number of aryl methyl sites for hydroxylation is 1. The van der Waals surface area contributed by atoms with Crippen LogP contribution in [0.4, 0.5) is 5.82 Å². The number of rotatable bonds is 3. The Morgan fingerprint density at radius 1 is 1.41 bits per heavy atom. The lowest BCUT2D eigenvalue weighted by Gasteiger charge is -2.08. The fourth-order valence-electron chi connectivity index (χ4n) is 1.55. The van der Waals surface area contributed by atoms with Crippen LogP contribution >= 0.6 is 22.9 Å². The van der Waals surface area contributed by atoms with Crippen molar-refractivity contribution in [3.8, 4) is 16.3 Å². The number of nitrogens with zero attached hydrogens (tertiary/aromatic N) is 1. The Kier molecular flexibility index (Phi) is 3.54. The molecule has 1 heterocycles. The Labute approximate surface area is 109 Å². The molecule has 0 saturated heterocycles. The van der Waals surface area contributed by atoms with Crippen molar-refractivity contribution in [3.05, 3.63) is 28.1 Å². The number of hydrogen-bond donors (Lipinski definition) is 1. The molecule has 90 valence electrons. The molecule has 2 aromatic rings. The van der Waals surface area contributed by atoms with E-state index in [4.69, 9.17) is 16.3 Å². The second-order valence-corrected chi connectivity index (χ2v) is 4.85. The van der Waals surface area contributed by atoms with Gasteiger partial charge in [0.1, 0.15) is 16.6 Å². The van der Waals surface area contributed by atoms with Gasteiger partial charge in [0, 0.05) is 18.0 Å². The average Bonchev–Trinajstić information content (AvgIpc) is 2.80. The molecule has 0 aliphatic carbocycles. The molecule has 0 saturated carbocycles. The topological polar surface area (TPSA) is 34.1 Å². The Morgan fingerprint density at radius 2 is 2.18 bits per heavy atom. The van der Waals surface area contributed by atoms with Crippen molar-refractivity contribution in [2.75, 3.05) is 19.5 Å². The zero-order chi connectivity index (χ0) is 12.4. The number of thiazole rings is 1. The van der Waals surface area contributed by atoms with Crippen LogP contribution in [0.2, 0.25) is 5.02 Å². The molecule has 1 aromatic carbocycles. The monoisotopic (exact) mass is 268 g/mol. The van der Waals surface area contributed by atoms with E-state index in [1.165, 1.54) is 0 Å². The molecule has 0 amide bonds. The van der Waals surface area contributed by atoms with E-state index in [9.17, 15) is 0 Å². The summed E-state index contributed by atoms with van der Waals surface area (Å²) in [5, 5.41) is 6.56. The van der Waals surface area contributed by atoms with Crippen molar-refractivity contribution in [2.45, 2.75) is 6.92 Å². The van der Waals surface area contributed by atoms with Crippen LogP contribution in [0.1, 0.15) is 5.56 Å². The molecular weight excluding hydrogens is 256 g/mol. The maximum atomic E-state index is 6.13. The molecule has 5 heteroatoms. The number of ether oxygens (including phenoxy) is 1. The number of aromatic nitrogens is 1. The summed E-state index contributed by atoms with van der Waals surface area (Å²) in [5.41, 5.74) is 2.14. The lowest BCUT2D eigenvalue weighted by atomic mass is 10.1. The third-order valence-electron chi connectivity index (χ3n) is 2.49. The van der Waals surface area contributed by atoms with E-state index >= 15 is 0 Å². The Bertz CT molecular complexity index is 539. The van der Waals surface area contributed by atoms with Gasteiger partial charge in [-0.25, -0.2) is 4.98 Å². The Morgan fingerprint density at radius 3 is 2.76 bits per heavy atom. The van der Waals surface area contributed by atoms with Crippen LogP contribution in [0, 0.1) is 6.92 Å². The van der Waals surface area contributed by atoms with Gasteiger partial charge >= 0.3 is 0 Å². The molecule has 1 N–H and O–H groups in total. The van der Waals surface area contributed by atoms with Gasteiger partial charge in [-0.05, 0) is 24.6 Å². The minimum absolute atomic E-state index is 0.606. The number of methoxy groups -OCH3 is 1. The van der Waals surface area contributed by atoms with Crippen LogP contribution < -0.4 is 10.1 Å². The van der Waals surface area contributed by atoms with Crippen molar-refractivity contribution in [3.63, 3.8) is 0 Å². The molecule has 1 aromatic heterocycles. The first-order valence-corrected chi connectivity index (χ1v) is 6.39. The van der Waals surface area contributed by atoms with Crippen LogP contribution in [0.25, 0.3) is 10.6 Å². The van der Waals surface area contributed by atoms with Gasteiger partial charge in [-0.15, -0.1) is 11.3 Å². The summed E-state index contributed by atoms with van der Waals surface area (Å²) in [4.78, 5) is 4.46. The second kappa shape index (κ2) is 4.94. The van der Waals surface area contributed by atoms with E-state index in [-0.39, 0.29) is 0 Å². The summed E-state index contributed by atoms with van der Waals surface area (Å²) in [6.45, 7) is 2.02. The number of halogens is 1. The second-order valence-electron chi connectivity index (χ2n) is 3.59. The summed E-state index contributed by atoms with van der Waals surface area (Å²) in [6.07, 6.45) is 0. The van der Waals surface area contributed by atoms with E-state index < -0.39 is 0 Å². The van der Waals surface area contributed by atoms with Crippen molar-refractivity contribution >= 4 is 28.8 Å². The highest BCUT2D eigenvalue weighted by Crippen LogP contribution is 2.35. The van der Waals surface area contributed by atoms with Crippen LogP contribution in [-0.4, -0.2) is 19.1 Å².